The van der Waals surface area contributed by atoms with Gasteiger partial charge in [0, 0.05) is 11.3 Å². The Morgan fingerprint density at radius 2 is 1.79 bits per heavy atom. The van der Waals surface area contributed by atoms with Gasteiger partial charge in [0.05, 0.1) is 25.4 Å². The number of hydrogen-bond acceptors (Lipinski definition) is 4. The first-order chi connectivity index (χ1) is 13.1. The van der Waals surface area contributed by atoms with Gasteiger partial charge in [0.15, 0.2) is 6.04 Å². The summed E-state index contributed by atoms with van der Waals surface area (Å²) in [6.45, 7) is 2.90. The Balaban J connectivity index is 2.11. The van der Waals surface area contributed by atoms with Gasteiger partial charge in [0.25, 0.3) is 0 Å². The summed E-state index contributed by atoms with van der Waals surface area (Å²) in [6.07, 6.45) is 0. The van der Waals surface area contributed by atoms with Crippen LogP contribution in [0.2, 0.25) is 0 Å². The zero-order chi connectivity index (χ0) is 21.0. The van der Waals surface area contributed by atoms with Gasteiger partial charge in [0.1, 0.15) is 12.3 Å². The number of methoxy groups -OCH3 is 1. The molecule has 0 bridgehead atoms. The van der Waals surface area contributed by atoms with Crippen LogP contribution in [-0.4, -0.2) is 43.5 Å². The van der Waals surface area contributed by atoms with E-state index in [1.807, 2.05) is 7.05 Å². The number of likely N-dealkylation sites (N-methyl/N-ethyl adjacent to an activating group) is 1. The highest BCUT2D eigenvalue weighted by atomic mass is 19.3. The quantitative estimate of drug-likeness (QED) is 0.532. The monoisotopic (exact) mass is 395 g/mol. The first-order valence-corrected chi connectivity index (χ1v) is 8.83. The van der Waals surface area contributed by atoms with E-state index in [1.165, 1.54) is 19.2 Å². The van der Waals surface area contributed by atoms with Crippen LogP contribution in [0.15, 0.2) is 24.3 Å². The fourth-order valence-electron chi connectivity index (χ4n) is 3.11. The molecule has 1 heterocycles. The third-order valence-electron chi connectivity index (χ3n) is 4.84. The summed E-state index contributed by atoms with van der Waals surface area (Å²) < 4.78 is 33.6. The maximum atomic E-state index is 12.9. The summed E-state index contributed by atoms with van der Waals surface area (Å²) >= 11 is 0. The van der Waals surface area contributed by atoms with Gasteiger partial charge in [-0.1, -0.05) is 0 Å². The van der Waals surface area contributed by atoms with E-state index >= 15 is 0 Å². The van der Waals surface area contributed by atoms with Crippen molar-refractivity contribution in [1.82, 2.24) is 4.98 Å². The Bertz CT molecular complexity index is 847. The fourth-order valence-corrected chi connectivity index (χ4v) is 3.11. The Labute approximate surface area is 162 Å². The van der Waals surface area contributed by atoms with Crippen molar-refractivity contribution in [2.24, 2.45) is 0 Å². The van der Waals surface area contributed by atoms with Crippen LogP contribution in [0.3, 0.4) is 0 Å². The third kappa shape index (κ3) is 4.75. The summed E-state index contributed by atoms with van der Waals surface area (Å²) in [7, 11) is 3.17. The van der Waals surface area contributed by atoms with E-state index < -0.39 is 12.6 Å². The Kier molecular flexibility index (Phi) is 6.90. The molecule has 0 aliphatic rings. The van der Waals surface area contributed by atoms with Crippen LogP contribution in [0, 0.1) is 13.8 Å². The van der Waals surface area contributed by atoms with Gasteiger partial charge >= 0.3 is 12.6 Å². The van der Waals surface area contributed by atoms with Gasteiger partial charge in [-0.25, -0.2) is 4.79 Å². The number of ketones is 1. The van der Waals surface area contributed by atoms with Crippen LogP contribution in [0.5, 0.6) is 5.75 Å². The molecule has 28 heavy (non-hydrogen) atoms. The highest BCUT2D eigenvalue weighted by molar-refractivity contribution is 6.03. The minimum Gasteiger partial charge on any atom is -0.465 e. The molecule has 2 atom stereocenters. The number of halogens is 2. The van der Waals surface area contributed by atoms with E-state index in [1.54, 1.807) is 32.9 Å². The van der Waals surface area contributed by atoms with Crippen molar-refractivity contribution in [2.75, 3.05) is 14.2 Å². The zero-order valence-electron chi connectivity index (χ0n) is 16.6. The highest BCUT2D eigenvalue weighted by Gasteiger charge is 2.29. The number of aromatic amines is 1. The Morgan fingerprint density at radius 3 is 2.32 bits per heavy atom. The summed E-state index contributed by atoms with van der Waals surface area (Å²) in [5.41, 5.74) is 2.82. The van der Waals surface area contributed by atoms with E-state index in [4.69, 9.17) is 4.74 Å². The number of rotatable bonds is 8. The molecule has 6 nitrogen and oxygen atoms in total. The van der Waals surface area contributed by atoms with Gasteiger partial charge in [0.2, 0.25) is 5.78 Å². The molecular formula is C20H25F2N2O4+. The standard InChI is InChI=1S/C20H24F2N2O4/c1-11-16(19(26)27-5)12(2)23-17(11)18(25)13(3)24(4)10-14-6-8-15(9-7-14)28-20(21)22/h6-9,13,20,23H,10H2,1-5H3/p+1/t13-/m1/s1. The molecule has 0 aliphatic heterocycles. The van der Waals surface area contributed by atoms with Crippen molar-refractivity contribution >= 4 is 11.8 Å². The van der Waals surface area contributed by atoms with Crippen LogP contribution in [0.4, 0.5) is 8.78 Å². The fraction of sp³-hybridized carbons (Fsp3) is 0.400. The van der Waals surface area contributed by atoms with Crippen LogP contribution in [-0.2, 0) is 11.3 Å². The molecule has 0 saturated heterocycles. The normalized spacial score (nSPS) is 13.3. The van der Waals surface area contributed by atoms with E-state index in [0.717, 1.165) is 10.5 Å². The number of carbonyl (C=O) groups excluding carboxylic acids is 2. The number of ether oxygens (including phenoxy) is 2. The molecule has 2 aromatic rings. The van der Waals surface area contributed by atoms with Crippen molar-refractivity contribution in [1.29, 1.82) is 0 Å². The van der Waals surface area contributed by atoms with Gasteiger partial charge < -0.3 is 19.4 Å². The van der Waals surface area contributed by atoms with Gasteiger partial charge in [-0.05, 0) is 50.6 Å². The molecule has 1 unspecified atom stereocenters. The lowest BCUT2D eigenvalue weighted by Crippen LogP contribution is -3.12. The second kappa shape index (κ2) is 8.97. The molecule has 152 valence electrons. The molecule has 0 aliphatic carbocycles. The van der Waals surface area contributed by atoms with E-state index in [2.05, 4.69) is 9.72 Å². The predicted molar refractivity (Wildman–Crippen MR) is 99.1 cm³/mol. The van der Waals surface area contributed by atoms with Gasteiger partial charge in [-0.15, -0.1) is 0 Å². The lowest BCUT2D eigenvalue weighted by Gasteiger charge is -2.21. The number of aromatic nitrogens is 1. The highest BCUT2D eigenvalue weighted by Crippen LogP contribution is 2.20. The molecule has 8 heteroatoms. The topological polar surface area (TPSA) is 72.8 Å². The summed E-state index contributed by atoms with van der Waals surface area (Å²) in [5.74, 6) is -0.510. The molecule has 0 fully saturated rings. The predicted octanol–water partition coefficient (Wildman–Crippen LogP) is 2.31. The van der Waals surface area contributed by atoms with Crippen LogP contribution < -0.4 is 9.64 Å². The number of H-pyrrole nitrogens is 1. The largest absolute Gasteiger partial charge is 0.465 e. The number of quaternary nitrogens is 1. The first kappa shape index (κ1) is 21.6. The number of carbonyl (C=O) groups is 2. The van der Waals surface area contributed by atoms with Crippen LogP contribution in [0.1, 0.15) is 44.6 Å². The van der Waals surface area contributed by atoms with E-state index in [-0.39, 0.29) is 17.6 Å². The summed E-state index contributed by atoms with van der Waals surface area (Å²) in [6, 6.07) is 5.94. The minimum absolute atomic E-state index is 0.0911. The van der Waals surface area contributed by atoms with Crippen molar-refractivity contribution < 1.29 is 32.7 Å². The smallest absolute Gasteiger partial charge is 0.387 e. The molecular weight excluding hydrogens is 370 g/mol. The first-order valence-electron chi connectivity index (χ1n) is 8.83. The number of nitrogens with one attached hydrogen (secondary N) is 2. The second-order valence-corrected chi connectivity index (χ2v) is 6.75. The molecule has 0 radical (unpaired) electrons. The number of Topliss-reactive ketones (excluding diaryl/α,β-unsaturated/α-hetero) is 1. The number of aryl methyl sites for hydroxylation is 1. The maximum Gasteiger partial charge on any atom is 0.387 e. The van der Waals surface area contributed by atoms with Gasteiger partial charge in [-0.3, -0.25) is 4.79 Å². The number of alkyl halides is 2. The number of hydrogen-bond donors (Lipinski definition) is 2. The average molecular weight is 395 g/mol. The third-order valence-corrected chi connectivity index (χ3v) is 4.84. The zero-order valence-corrected chi connectivity index (χ0v) is 16.6. The second-order valence-electron chi connectivity index (χ2n) is 6.75. The van der Waals surface area contributed by atoms with Crippen molar-refractivity contribution in [3.05, 3.63) is 52.3 Å². The lowest BCUT2D eigenvalue weighted by molar-refractivity contribution is -0.907. The molecule has 2 rings (SSSR count). The summed E-state index contributed by atoms with van der Waals surface area (Å²) in [5, 5.41) is 0. The van der Waals surface area contributed by atoms with Gasteiger partial charge in [-0.2, -0.15) is 8.78 Å². The molecule has 1 aromatic heterocycles. The molecule has 1 aromatic carbocycles. The number of benzene rings is 1. The Hall–Kier alpha value is -2.74. The summed E-state index contributed by atoms with van der Waals surface area (Å²) in [4.78, 5) is 28.8. The molecule has 0 amide bonds. The van der Waals surface area contributed by atoms with E-state index in [0.29, 0.717) is 29.1 Å². The molecule has 0 spiro atoms. The van der Waals surface area contributed by atoms with E-state index in [9.17, 15) is 18.4 Å². The Morgan fingerprint density at radius 1 is 1.18 bits per heavy atom. The molecule has 0 saturated carbocycles. The van der Waals surface area contributed by atoms with Crippen LogP contribution in [0.25, 0.3) is 0 Å². The minimum atomic E-state index is -2.86. The van der Waals surface area contributed by atoms with Crippen molar-refractivity contribution in [3.8, 4) is 5.75 Å². The molecule has 2 N–H and O–H groups in total. The van der Waals surface area contributed by atoms with Crippen molar-refractivity contribution in [2.45, 2.75) is 40.0 Å². The van der Waals surface area contributed by atoms with Crippen LogP contribution >= 0.6 is 0 Å². The average Bonchev–Trinajstić information content (AvgIpc) is 2.95. The maximum absolute atomic E-state index is 12.9. The SMILES string of the molecule is COC(=O)c1c(C)[nH]c(C(=O)[C@@H](C)[NH+](C)Cc2ccc(OC(F)F)cc2)c1C. The number of esters is 1. The van der Waals surface area contributed by atoms with Crippen molar-refractivity contribution in [3.63, 3.8) is 0 Å². The lowest BCUT2D eigenvalue weighted by atomic mass is 10.0.